The summed E-state index contributed by atoms with van der Waals surface area (Å²) >= 11 is 0. The summed E-state index contributed by atoms with van der Waals surface area (Å²) in [6.45, 7) is 16.9. The van der Waals surface area contributed by atoms with E-state index in [1.54, 1.807) is 0 Å². The molecule has 2 heteroatoms. The van der Waals surface area contributed by atoms with Crippen LogP contribution in [0.2, 0.25) is 18.1 Å². The monoisotopic (exact) mass is 282 g/mol. The predicted molar refractivity (Wildman–Crippen MR) is 89.1 cm³/mol. The zero-order valence-corrected chi connectivity index (χ0v) is 15.2. The van der Waals surface area contributed by atoms with E-state index in [1.807, 2.05) is 0 Å². The van der Waals surface area contributed by atoms with Crippen LogP contribution in [0.15, 0.2) is 17.9 Å². The largest absolute Gasteiger partial charge is 0.417 e. The van der Waals surface area contributed by atoms with Crippen molar-refractivity contribution in [3.05, 3.63) is 17.9 Å². The van der Waals surface area contributed by atoms with Crippen LogP contribution in [0.1, 0.15) is 60.3 Å². The van der Waals surface area contributed by atoms with Gasteiger partial charge in [-0.1, -0.05) is 34.6 Å². The maximum atomic E-state index is 6.15. The van der Waals surface area contributed by atoms with Crippen LogP contribution >= 0.6 is 0 Å². The van der Waals surface area contributed by atoms with Gasteiger partial charge in [0.15, 0.2) is 8.32 Å². The maximum Gasteiger partial charge on any atom is 0.191 e. The Kier molecular flexibility index (Phi) is 8.65. The third kappa shape index (κ3) is 9.26. The Hall–Kier alpha value is -0.303. The summed E-state index contributed by atoms with van der Waals surface area (Å²) in [6, 6.07) is 0. The topological polar surface area (TPSA) is 9.23 Å². The van der Waals surface area contributed by atoms with Crippen LogP contribution in [-0.2, 0) is 4.43 Å². The molecule has 0 unspecified atom stereocenters. The van der Waals surface area contributed by atoms with Gasteiger partial charge in [-0.15, -0.1) is 5.73 Å². The Balaban J connectivity index is 3.69. The second kappa shape index (κ2) is 8.79. The molecule has 0 saturated carbocycles. The van der Waals surface area contributed by atoms with Gasteiger partial charge in [0, 0.05) is 6.61 Å². The molecule has 0 aromatic rings. The zero-order valence-electron chi connectivity index (χ0n) is 14.2. The van der Waals surface area contributed by atoms with Gasteiger partial charge < -0.3 is 4.43 Å². The van der Waals surface area contributed by atoms with E-state index in [1.165, 1.54) is 6.42 Å². The minimum Gasteiger partial charge on any atom is -0.417 e. The standard InChI is InChI=1S/C17H34OSi/c1-16(2)14-12-10-8-9-11-13-15-18-19(6,7)17(3,4)5/h8,12,16H,9,11,13-15H2,1-7H3. The number of rotatable bonds is 8. The SMILES string of the molecule is CC(C)CC=C=CCCCCO[Si](C)(C)C(C)(C)C. The van der Waals surface area contributed by atoms with Crippen molar-refractivity contribution in [3.63, 3.8) is 0 Å². The molecule has 0 aromatic heterocycles. The van der Waals surface area contributed by atoms with Gasteiger partial charge in [-0.25, -0.2) is 0 Å². The summed E-state index contributed by atoms with van der Waals surface area (Å²) < 4.78 is 6.15. The lowest BCUT2D eigenvalue weighted by atomic mass is 10.1. The Morgan fingerprint density at radius 1 is 1.11 bits per heavy atom. The molecule has 0 aliphatic rings. The first-order chi connectivity index (χ1) is 8.67. The van der Waals surface area contributed by atoms with Gasteiger partial charge in [-0.3, -0.25) is 0 Å². The molecule has 0 bridgehead atoms. The lowest BCUT2D eigenvalue weighted by Crippen LogP contribution is -2.40. The molecule has 0 atom stereocenters. The summed E-state index contributed by atoms with van der Waals surface area (Å²) in [5.41, 5.74) is 3.27. The van der Waals surface area contributed by atoms with Crippen molar-refractivity contribution in [2.75, 3.05) is 6.61 Å². The zero-order chi connectivity index (χ0) is 14.9. The van der Waals surface area contributed by atoms with E-state index >= 15 is 0 Å². The minimum absolute atomic E-state index is 0.326. The molecule has 19 heavy (non-hydrogen) atoms. The van der Waals surface area contributed by atoms with E-state index in [2.05, 4.69) is 65.6 Å². The van der Waals surface area contributed by atoms with Crippen molar-refractivity contribution in [2.45, 2.75) is 78.4 Å². The van der Waals surface area contributed by atoms with Gasteiger partial charge >= 0.3 is 0 Å². The second-order valence-electron chi connectivity index (χ2n) is 7.31. The molecule has 0 spiro atoms. The summed E-state index contributed by atoms with van der Waals surface area (Å²) in [4.78, 5) is 0. The van der Waals surface area contributed by atoms with Crippen LogP contribution in [-0.4, -0.2) is 14.9 Å². The first-order valence-corrected chi connectivity index (χ1v) is 10.6. The molecular formula is C17H34OSi. The van der Waals surface area contributed by atoms with E-state index in [9.17, 15) is 0 Å². The molecule has 0 radical (unpaired) electrons. The molecule has 1 nitrogen and oxygen atoms in total. The highest BCUT2D eigenvalue weighted by molar-refractivity contribution is 6.74. The third-order valence-corrected chi connectivity index (χ3v) is 8.38. The smallest absolute Gasteiger partial charge is 0.191 e. The van der Waals surface area contributed by atoms with Crippen LogP contribution in [0, 0.1) is 5.92 Å². The van der Waals surface area contributed by atoms with Gasteiger partial charge in [0.05, 0.1) is 0 Å². The van der Waals surface area contributed by atoms with E-state index in [0.717, 1.165) is 31.8 Å². The molecule has 0 heterocycles. The first-order valence-electron chi connectivity index (χ1n) is 7.70. The van der Waals surface area contributed by atoms with Crippen molar-refractivity contribution in [2.24, 2.45) is 5.92 Å². The van der Waals surface area contributed by atoms with Crippen molar-refractivity contribution in [1.82, 2.24) is 0 Å². The highest BCUT2D eigenvalue weighted by Crippen LogP contribution is 2.36. The third-order valence-electron chi connectivity index (χ3n) is 3.84. The summed E-state index contributed by atoms with van der Waals surface area (Å²) in [5, 5.41) is 0.326. The van der Waals surface area contributed by atoms with Crippen LogP contribution in [0.25, 0.3) is 0 Å². The normalized spacial score (nSPS) is 12.4. The van der Waals surface area contributed by atoms with Gasteiger partial charge in [0.25, 0.3) is 0 Å². The molecule has 0 aliphatic heterocycles. The fraction of sp³-hybridized carbons (Fsp3) is 0.824. The fourth-order valence-corrected chi connectivity index (χ4v) is 2.45. The number of allylic oxidation sites excluding steroid dienone is 1. The van der Waals surface area contributed by atoms with Crippen LogP contribution < -0.4 is 0 Å². The average molecular weight is 283 g/mol. The molecule has 0 aromatic carbocycles. The highest BCUT2D eigenvalue weighted by atomic mass is 28.4. The number of hydrogen-bond donors (Lipinski definition) is 0. The lowest BCUT2D eigenvalue weighted by Gasteiger charge is -2.36. The number of hydrogen-bond acceptors (Lipinski definition) is 1. The Bertz CT molecular complexity index is 291. The average Bonchev–Trinajstić information content (AvgIpc) is 2.24. The molecular weight excluding hydrogens is 248 g/mol. The van der Waals surface area contributed by atoms with Crippen LogP contribution in [0.4, 0.5) is 0 Å². The van der Waals surface area contributed by atoms with Gasteiger partial charge in [0.1, 0.15) is 0 Å². The second-order valence-corrected chi connectivity index (χ2v) is 12.1. The predicted octanol–water partition coefficient (Wildman–Crippen LogP) is 5.94. The Morgan fingerprint density at radius 2 is 1.74 bits per heavy atom. The lowest BCUT2D eigenvalue weighted by molar-refractivity contribution is 0.279. The quantitative estimate of drug-likeness (QED) is 0.304. The molecule has 0 N–H and O–H groups in total. The van der Waals surface area contributed by atoms with Gasteiger partial charge in [-0.05, 0) is 61.9 Å². The van der Waals surface area contributed by atoms with Crippen LogP contribution in [0.5, 0.6) is 0 Å². The molecule has 0 fully saturated rings. The molecule has 0 saturated heterocycles. The Morgan fingerprint density at radius 3 is 2.26 bits per heavy atom. The number of unbranched alkanes of at least 4 members (excludes halogenated alkanes) is 2. The Labute approximate surface area is 122 Å². The van der Waals surface area contributed by atoms with E-state index in [0.29, 0.717) is 5.04 Å². The van der Waals surface area contributed by atoms with Gasteiger partial charge in [-0.2, -0.15) is 0 Å². The fourth-order valence-electron chi connectivity index (χ4n) is 1.36. The van der Waals surface area contributed by atoms with E-state index in [-0.39, 0.29) is 0 Å². The molecule has 0 aliphatic carbocycles. The van der Waals surface area contributed by atoms with E-state index in [4.69, 9.17) is 4.43 Å². The summed E-state index contributed by atoms with van der Waals surface area (Å²) in [7, 11) is -1.53. The van der Waals surface area contributed by atoms with Crippen molar-refractivity contribution in [1.29, 1.82) is 0 Å². The minimum atomic E-state index is -1.53. The first kappa shape index (κ1) is 18.7. The van der Waals surface area contributed by atoms with Crippen molar-refractivity contribution in [3.8, 4) is 0 Å². The highest BCUT2D eigenvalue weighted by Gasteiger charge is 2.36. The maximum absolute atomic E-state index is 6.15. The summed E-state index contributed by atoms with van der Waals surface area (Å²) in [5.74, 6) is 0.735. The molecule has 0 rings (SSSR count). The van der Waals surface area contributed by atoms with Crippen molar-refractivity contribution >= 4 is 8.32 Å². The summed E-state index contributed by atoms with van der Waals surface area (Å²) in [6.07, 6.45) is 8.93. The van der Waals surface area contributed by atoms with Gasteiger partial charge in [0.2, 0.25) is 0 Å². The molecule has 0 amide bonds. The van der Waals surface area contributed by atoms with Crippen molar-refractivity contribution < 1.29 is 4.43 Å². The van der Waals surface area contributed by atoms with Crippen LogP contribution in [0.3, 0.4) is 0 Å². The van der Waals surface area contributed by atoms with E-state index < -0.39 is 8.32 Å². The molecule has 112 valence electrons.